The molecule has 0 aliphatic heterocycles. The van der Waals surface area contributed by atoms with Crippen molar-refractivity contribution in [2.24, 2.45) is 0 Å². The Morgan fingerprint density at radius 3 is 1.76 bits per heavy atom. The van der Waals surface area contributed by atoms with Crippen molar-refractivity contribution >= 4 is 43.4 Å². The van der Waals surface area contributed by atoms with Crippen LogP contribution < -0.4 is 0 Å². The summed E-state index contributed by atoms with van der Waals surface area (Å²) in [7, 11) is 0. The van der Waals surface area contributed by atoms with Gasteiger partial charge >= 0.3 is 0 Å². The third kappa shape index (κ3) is 5.03. The zero-order chi connectivity index (χ0) is 33.7. The summed E-state index contributed by atoms with van der Waals surface area (Å²) in [6, 6.07) is 58.2. The minimum atomic E-state index is 0.562. The number of oxazole rings is 1. The largest absolute Gasteiger partial charge is 0.435 e. The smallest absolute Gasteiger partial charge is 0.227 e. The highest BCUT2D eigenvalue weighted by molar-refractivity contribution is 6.11. The van der Waals surface area contributed by atoms with Crippen LogP contribution in [0.1, 0.15) is 0 Å². The lowest BCUT2D eigenvalue weighted by Crippen LogP contribution is -2.01. The fourth-order valence-corrected chi connectivity index (χ4v) is 7.08. The second-order valence-corrected chi connectivity index (χ2v) is 12.6. The molecule has 2 heterocycles. The van der Waals surface area contributed by atoms with Crippen LogP contribution in [0.2, 0.25) is 0 Å². The van der Waals surface area contributed by atoms with Crippen molar-refractivity contribution in [1.82, 2.24) is 19.9 Å². The summed E-state index contributed by atoms with van der Waals surface area (Å²) >= 11 is 0. The summed E-state index contributed by atoms with van der Waals surface area (Å²) in [5, 5.41) is 6.63. The highest BCUT2D eigenvalue weighted by Gasteiger charge is 2.20. The fraction of sp³-hybridized carbons (Fsp3) is 0. The zero-order valence-electron chi connectivity index (χ0n) is 27.4. The van der Waals surface area contributed by atoms with Crippen LogP contribution in [0.15, 0.2) is 174 Å². The molecule has 0 spiro atoms. The minimum absolute atomic E-state index is 0.562. The SMILES string of the molecule is c1ccc(-c2nc3ccc4cccc(-c5nc(-c6ccc7ccc8ccccc8c7c6)nc(-c6ccccc6-c6ccccc6)n5)c4c3o2)cc1. The van der Waals surface area contributed by atoms with Gasteiger partial charge in [0, 0.05) is 27.6 Å². The van der Waals surface area contributed by atoms with Crippen molar-refractivity contribution in [2.45, 2.75) is 0 Å². The van der Waals surface area contributed by atoms with Crippen LogP contribution in [0.4, 0.5) is 0 Å². The maximum atomic E-state index is 6.54. The van der Waals surface area contributed by atoms with Gasteiger partial charge in [0.05, 0.1) is 0 Å². The summed E-state index contributed by atoms with van der Waals surface area (Å²) in [6.07, 6.45) is 0. The lowest BCUT2D eigenvalue weighted by molar-refractivity contribution is 0.623. The van der Waals surface area contributed by atoms with Crippen molar-refractivity contribution in [1.29, 1.82) is 0 Å². The number of rotatable bonds is 5. The van der Waals surface area contributed by atoms with Gasteiger partial charge in [-0.05, 0) is 62.3 Å². The first-order valence-corrected chi connectivity index (χ1v) is 17.0. The number of fused-ring (bicyclic) bond motifs is 6. The molecule has 0 radical (unpaired) electrons. The average Bonchev–Trinajstić information content (AvgIpc) is 3.66. The maximum Gasteiger partial charge on any atom is 0.227 e. The predicted molar refractivity (Wildman–Crippen MR) is 207 cm³/mol. The molecule has 0 N–H and O–H groups in total. The van der Waals surface area contributed by atoms with E-state index in [-0.39, 0.29) is 0 Å². The maximum absolute atomic E-state index is 6.54. The topological polar surface area (TPSA) is 64.7 Å². The number of hydrogen-bond acceptors (Lipinski definition) is 5. The van der Waals surface area contributed by atoms with Gasteiger partial charge in [-0.25, -0.2) is 19.9 Å². The first-order valence-electron chi connectivity index (χ1n) is 17.0. The van der Waals surface area contributed by atoms with Crippen LogP contribution in [-0.2, 0) is 0 Å². The van der Waals surface area contributed by atoms with E-state index in [0.29, 0.717) is 28.9 Å². The Bertz CT molecular complexity index is 2920. The van der Waals surface area contributed by atoms with Crippen LogP contribution in [0, 0.1) is 0 Å². The molecule has 0 atom stereocenters. The van der Waals surface area contributed by atoms with Gasteiger partial charge in [-0.1, -0.05) is 146 Å². The van der Waals surface area contributed by atoms with Gasteiger partial charge < -0.3 is 4.42 Å². The van der Waals surface area contributed by atoms with Crippen molar-refractivity contribution in [3.63, 3.8) is 0 Å². The molecule has 0 unspecified atom stereocenters. The number of hydrogen-bond donors (Lipinski definition) is 0. The average molecular weight is 653 g/mol. The molecule has 0 saturated heterocycles. The van der Waals surface area contributed by atoms with Gasteiger partial charge in [0.25, 0.3) is 0 Å². The first-order chi connectivity index (χ1) is 25.3. The van der Waals surface area contributed by atoms with E-state index < -0.39 is 0 Å². The highest BCUT2D eigenvalue weighted by atomic mass is 16.3. The number of nitrogens with zero attached hydrogens (tertiary/aromatic N) is 4. The van der Waals surface area contributed by atoms with Crippen LogP contribution in [0.3, 0.4) is 0 Å². The van der Waals surface area contributed by atoms with E-state index in [2.05, 4.69) is 115 Å². The Kier molecular flexibility index (Phi) is 6.74. The molecule has 238 valence electrons. The Balaban J connectivity index is 1.24. The van der Waals surface area contributed by atoms with Gasteiger partial charge in [-0.2, -0.15) is 0 Å². The van der Waals surface area contributed by atoms with E-state index in [0.717, 1.165) is 60.4 Å². The zero-order valence-corrected chi connectivity index (χ0v) is 27.4. The first kappa shape index (κ1) is 29.0. The van der Waals surface area contributed by atoms with Crippen molar-refractivity contribution in [2.75, 3.05) is 0 Å². The van der Waals surface area contributed by atoms with E-state index in [1.54, 1.807) is 0 Å². The second kappa shape index (κ2) is 11.9. The molecule has 0 fully saturated rings. The van der Waals surface area contributed by atoms with Crippen molar-refractivity contribution in [3.05, 3.63) is 170 Å². The number of aromatic nitrogens is 4. The monoisotopic (exact) mass is 652 g/mol. The van der Waals surface area contributed by atoms with Gasteiger partial charge in [0.1, 0.15) is 5.52 Å². The molecule has 0 aliphatic carbocycles. The van der Waals surface area contributed by atoms with Crippen LogP contribution in [-0.4, -0.2) is 19.9 Å². The Morgan fingerprint density at radius 2 is 0.941 bits per heavy atom. The molecule has 10 rings (SSSR count). The summed E-state index contributed by atoms with van der Waals surface area (Å²) in [5.41, 5.74) is 7.23. The Hall–Kier alpha value is -6.98. The normalized spacial score (nSPS) is 11.5. The molecule has 0 aliphatic rings. The second-order valence-electron chi connectivity index (χ2n) is 12.6. The van der Waals surface area contributed by atoms with E-state index >= 15 is 0 Å². The van der Waals surface area contributed by atoms with Crippen LogP contribution >= 0.6 is 0 Å². The molecule has 0 bridgehead atoms. The molecule has 10 aromatic rings. The van der Waals surface area contributed by atoms with E-state index in [1.165, 1.54) is 10.8 Å². The van der Waals surface area contributed by atoms with Crippen LogP contribution in [0.25, 0.3) is 100 Å². The standard InChI is InChI=1S/C46H28N4O/c1-3-12-29(13-4-1)35-18-9-10-20-37(35)44-48-43(34-25-24-31-23-22-30-14-7-8-19-36(30)39(31)28-34)49-45(50-44)38-21-11-17-32-26-27-40-42(41(32)38)51-46(47-40)33-15-5-2-6-16-33/h1-28H. The molecular formula is C46H28N4O. The van der Waals surface area contributed by atoms with Gasteiger partial charge in [-0.3, -0.25) is 0 Å². The van der Waals surface area contributed by atoms with Crippen molar-refractivity contribution < 1.29 is 4.42 Å². The molecule has 0 saturated carbocycles. The van der Waals surface area contributed by atoms with E-state index in [1.807, 2.05) is 54.6 Å². The lowest BCUT2D eigenvalue weighted by Gasteiger charge is -2.13. The molecule has 2 aromatic heterocycles. The third-order valence-electron chi connectivity index (χ3n) is 9.55. The molecule has 5 heteroatoms. The van der Waals surface area contributed by atoms with Crippen molar-refractivity contribution in [3.8, 4) is 56.7 Å². The Morgan fingerprint density at radius 1 is 0.353 bits per heavy atom. The fourth-order valence-electron chi connectivity index (χ4n) is 7.08. The minimum Gasteiger partial charge on any atom is -0.435 e. The summed E-state index contributed by atoms with van der Waals surface area (Å²) in [5.74, 6) is 2.33. The quantitative estimate of drug-likeness (QED) is 0.173. The summed E-state index contributed by atoms with van der Waals surface area (Å²) < 4.78 is 6.54. The van der Waals surface area contributed by atoms with Gasteiger partial charge in [0.2, 0.25) is 5.89 Å². The summed E-state index contributed by atoms with van der Waals surface area (Å²) in [6.45, 7) is 0. The molecule has 0 amide bonds. The molecule has 5 nitrogen and oxygen atoms in total. The van der Waals surface area contributed by atoms with Gasteiger partial charge in [-0.15, -0.1) is 0 Å². The molecule has 8 aromatic carbocycles. The third-order valence-corrected chi connectivity index (χ3v) is 9.55. The molecule has 51 heavy (non-hydrogen) atoms. The summed E-state index contributed by atoms with van der Waals surface area (Å²) in [4.78, 5) is 20.5. The lowest BCUT2D eigenvalue weighted by atomic mass is 9.98. The van der Waals surface area contributed by atoms with Gasteiger partial charge in [0.15, 0.2) is 23.1 Å². The van der Waals surface area contributed by atoms with E-state index in [9.17, 15) is 0 Å². The number of benzene rings is 8. The predicted octanol–water partition coefficient (Wildman–Crippen LogP) is 11.8. The highest BCUT2D eigenvalue weighted by Crippen LogP contribution is 2.38. The Labute approximate surface area is 293 Å². The molecular weight excluding hydrogens is 625 g/mol. The van der Waals surface area contributed by atoms with Crippen LogP contribution in [0.5, 0.6) is 0 Å². The van der Waals surface area contributed by atoms with E-state index in [4.69, 9.17) is 24.4 Å².